The topological polar surface area (TPSA) is 93.4 Å². The number of rotatable bonds is 7. The van der Waals surface area contributed by atoms with Crippen LogP contribution in [0.1, 0.15) is 12.5 Å². The third-order valence-corrected chi connectivity index (χ3v) is 4.53. The Balaban J connectivity index is 1.44. The Morgan fingerprint density at radius 2 is 1.87 bits per heavy atom. The number of benzene rings is 2. The third-order valence-electron chi connectivity index (χ3n) is 4.53. The Hall–Kier alpha value is -4.07. The molecule has 0 radical (unpaired) electrons. The number of hydroxylamine groups is 2. The van der Waals surface area contributed by atoms with E-state index in [9.17, 15) is 4.79 Å². The number of amides is 1. The summed E-state index contributed by atoms with van der Waals surface area (Å²) in [5.41, 5.74) is 0.791. The lowest BCUT2D eigenvalue weighted by Crippen LogP contribution is -2.38. The number of amidine groups is 2. The molecular weight excluding hydrogens is 398 g/mol. The Morgan fingerprint density at radius 3 is 2.65 bits per heavy atom. The second-order valence-electron chi connectivity index (χ2n) is 6.74. The van der Waals surface area contributed by atoms with Crippen LogP contribution in [0.5, 0.6) is 17.2 Å². The Bertz CT molecular complexity index is 1110. The van der Waals surface area contributed by atoms with Crippen LogP contribution in [0.15, 0.2) is 70.9 Å². The Kier molecular flexibility index (Phi) is 5.70. The van der Waals surface area contributed by atoms with E-state index < -0.39 is 5.91 Å². The zero-order valence-corrected chi connectivity index (χ0v) is 17.1. The summed E-state index contributed by atoms with van der Waals surface area (Å²) in [6.45, 7) is 2.45. The van der Waals surface area contributed by atoms with E-state index in [2.05, 4.69) is 4.99 Å². The number of para-hydroxylation sites is 1. The van der Waals surface area contributed by atoms with E-state index in [1.807, 2.05) is 30.3 Å². The molecule has 0 bridgehead atoms. The highest BCUT2D eigenvalue weighted by atomic mass is 16.7. The summed E-state index contributed by atoms with van der Waals surface area (Å²) < 4.78 is 16.8. The van der Waals surface area contributed by atoms with E-state index in [0.29, 0.717) is 41.9 Å². The molecule has 158 valence electrons. The number of hydrogen-bond acceptors (Lipinski definition) is 6. The molecule has 31 heavy (non-hydrogen) atoms. The second kappa shape index (κ2) is 8.74. The SMILES string of the molecule is COc1cc(/C=C2\C(=N)N3OC(C)=CC3=NC2=O)ccc1OCCOc1ccccc1. The average Bonchev–Trinajstić information content (AvgIpc) is 3.15. The van der Waals surface area contributed by atoms with E-state index in [0.717, 1.165) is 5.75 Å². The molecule has 1 N–H and O–H groups in total. The number of nitrogens with one attached hydrogen (secondary N) is 1. The molecule has 2 aromatic carbocycles. The molecule has 4 rings (SSSR count). The zero-order chi connectivity index (χ0) is 21.8. The minimum atomic E-state index is -0.497. The highest BCUT2D eigenvalue weighted by molar-refractivity contribution is 6.32. The van der Waals surface area contributed by atoms with Gasteiger partial charge in [-0.05, 0) is 42.8 Å². The van der Waals surface area contributed by atoms with Crippen LogP contribution >= 0.6 is 0 Å². The van der Waals surface area contributed by atoms with Gasteiger partial charge in [0.2, 0.25) is 0 Å². The Labute approximate surface area is 179 Å². The lowest BCUT2D eigenvalue weighted by Gasteiger charge is -2.23. The summed E-state index contributed by atoms with van der Waals surface area (Å²) in [5.74, 6) is 2.14. The summed E-state index contributed by atoms with van der Waals surface area (Å²) in [5, 5.41) is 9.52. The molecule has 1 amide bonds. The normalized spacial score (nSPS) is 16.5. The van der Waals surface area contributed by atoms with Gasteiger partial charge >= 0.3 is 0 Å². The molecule has 0 spiro atoms. The van der Waals surface area contributed by atoms with Crippen molar-refractivity contribution in [3.05, 3.63) is 71.5 Å². The fourth-order valence-corrected chi connectivity index (χ4v) is 3.09. The number of ether oxygens (including phenoxy) is 3. The van der Waals surface area contributed by atoms with Gasteiger partial charge in [0, 0.05) is 6.08 Å². The maximum absolute atomic E-state index is 12.4. The van der Waals surface area contributed by atoms with Crippen molar-refractivity contribution in [1.82, 2.24) is 5.06 Å². The summed E-state index contributed by atoms with van der Waals surface area (Å²) in [6.07, 6.45) is 3.19. The molecule has 0 atom stereocenters. The van der Waals surface area contributed by atoms with E-state index >= 15 is 0 Å². The number of methoxy groups -OCH3 is 1. The molecule has 0 fully saturated rings. The predicted octanol–water partition coefficient (Wildman–Crippen LogP) is 3.60. The molecule has 2 heterocycles. The summed E-state index contributed by atoms with van der Waals surface area (Å²) in [7, 11) is 1.54. The largest absolute Gasteiger partial charge is 0.493 e. The standard InChI is InChI=1S/C23H21N3O5/c1-15-12-21-25-23(27)18(22(24)26(21)31-15)13-16-8-9-19(20(14-16)28-2)30-11-10-29-17-6-4-3-5-7-17/h3-9,12-14,24H,10-11H2,1-2H3/b18-13+,24-22?. The van der Waals surface area contributed by atoms with Crippen molar-refractivity contribution in [2.24, 2.45) is 4.99 Å². The predicted molar refractivity (Wildman–Crippen MR) is 115 cm³/mol. The van der Waals surface area contributed by atoms with E-state index in [4.69, 9.17) is 24.5 Å². The lowest BCUT2D eigenvalue weighted by molar-refractivity contribution is -0.114. The van der Waals surface area contributed by atoms with Gasteiger partial charge in [0.25, 0.3) is 5.91 Å². The lowest BCUT2D eigenvalue weighted by atomic mass is 10.1. The van der Waals surface area contributed by atoms with E-state index in [1.165, 1.54) is 12.2 Å². The number of nitrogens with zero attached hydrogens (tertiary/aromatic N) is 2. The van der Waals surface area contributed by atoms with Gasteiger partial charge in [0.05, 0.1) is 12.7 Å². The summed E-state index contributed by atoms with van der Waals surface area (Å²) in [4.78, 5) is 21.8. The molecule has 0 aromatic heterocycles. The quantitative estimate of drug-likeness (QED) is 0.544. The van der Waals surface area contributed by atoms with Crippen molar-refractivity contribution in [2.75, 3.05) is 20.3 Å². The van der Waals surface area contributed by atoms with Gasteiger partial charge in [-0.15, -0.1) is 5.06 Å². The first-order valence-corrected chi connectivity index (χ1v) is 9.64. The van der Waals surface area contributed by atoms with E-state index in [1.54, 1.807) is 37.3 Å². The van der Waals surface area contributed by atoms with Crippen molar-refractivity contribution < 1.29 is 23.8 Å². The van der Waals surface area contributed by atoms with Crippen LogP contribution in [0.2, 0.25) is 0 Å². The van der Waals surface area contributed by atoms with Crippen LogP contribution in [0.4, 0.5) is 0 Å². The fourth-order valence-electron chi connectivity index (χ4n) is 3.09. The molecular formula is C23H21N3O5. The maximum Gasteiger partial charge on any atom is 0.282 e. The van der Waals surface area contributed by atoms with Crippen LogP contribution in [0.3, 0.4) is 0 Å². The summed E-state index contributed by atoms with van der Waals surface area (Å²) >= 11 is 0. The first-order chi connectivity index (χ1) is 15.0. The monoisotopic (exact) mass is 419 g/mol. The van der Waals surface area contributed by atoms with Crippen molar-refractivity contribution in [3.8, 4) is 17.2 Å². The zero-order valence-electron chi connectivity index (χ0n) is 17.1. The van der Waals surface area contributed by atoms with Gasteiger partial charge in [-0.25, -0.2) is 0 Å². The molecule has 8 nitrogen and oxygen atoms in total. The highest BCUT2D eigenvalue weighted by Gasteiger charge is 2.34. The maximum atomic E-state index is 12.4. The molecule has 2 aromatic rings. The van der Waals surface area contributed by atoms with Gasteiger partial charge < -0.3 is 19.0 Å². The number of allylic oxidation sites excluding steroid dienone is 1. The van der Waals surface area contributed by atoms with Crippen LogP contribution in [-0.4, -0.2) is 43.0 Å². The molecule has 8 heteroatoms. The molecule has 0 unspecified atom stereocenters. The van der Waals surface area contributed by atoms with Crippen molar-refractivity contribution in [1.29, 1.82) is 5.41 Å². The Morgan fingerprint density at radius 1 is 1.10 bits per heavy atom. The van der Waals surface area contributed by atoms with Crippen LogP contribution < -0.4 is 14.2 Å². The van der Waals surface area contributed by atoms with Crippen LogP contribution in [-0.2, 0) is 9.63 Å². The number of fused-ring (bicyclic) bond motifs is 1. The number of carbonyl (C=O) groups is 1. The molecule has 0 saturated heterocycles. The van der Waals surface area contributed by atoms with Crippen molar-refractivity contribution >= 4 is 23.7 Å². The molecule has 2 aliphatic rings. The van der Waals surface area contributed by atoms with Gasteiger partial charge in [-0.3, -0.25) is 10.2 Å². The molecule has 0 saturated carbocycles. The van der Waals surface area contributed by atoms with E-state index in [-0.39, 0.29) is 11.4 Å². The number of hydrogen-bond donors (Lipinski definition) is 1. The van der Waals surface area contributed by atoms with Gasteiger partial charge in [0.1, 0.15) is 24.7 Å². The first-order valence-electron chi connectivity index (χ1n) is 9.64. The number of aliphatic imine (C=N–C) groups is 1. The third kappa shape index (κ3) is 4.42. The highest BCUT2D eigenvalue weighted by Crippen LogP contribution is 2.30. The van der Waals surface area contributed by atoms with Crippen molar-refractivity contribution in [3.63, 3.8) is 0 Å². The second-order valence-corrected chi connectivity index (χ2v) is 6.74. The average molecular weight is 419 g/mol. The van der Waals surface area contributed by atoms with Crippen molar-refractivity contribution in [2.45, 2.75) is 6.92 Å². The van der Waals surface area contributed by atoms with Gasteiger partial charge in [-0.2, -0.15) is 4.99 Å². The minimum absolute atomic E-state index is 0.0690. The van der Waals surface area contributed by atoms with Crippen LogP contribution in [0, 0.1) is 5.41 Å². The van der Waals surface area contributed by atoms with Gasteiger partial charge in [0.15, 0.2) is 23.2 Å². The van der Waals surface area contributed by atoms with Gasteiger partial charge in [-0.1, -0.05) is 24.3 Å². The smallest absolute Gasteiger partial charge is 0.282 e. The number of carbonyl (C=O) groups excluding carboxylic acids is 1. The summed E-state index contributed by atoms with van der Waals surface area (Å²) in [6, 6.07) is 14.7. The first kappa shape index (κ1) is 20.2. The minimum Gasteiger partial charge on any atom is -0.493 e. The van der Waals surface area contributed by atoms with Crippen LogP contribution in [0.25, 0.3) is 6.08 Å². The fraction of sp³-hybridized carbons (Fsp3) is 0.174. The molecule has 0 aliphatic carbocycles. The molecule has 2 aliphatic heterocycles.